The third-order valence-corrected chi connectivity index (χ3v) is 6.90. The highest BCUT2D eigenvalue weighted by atomic mass is 28.4. The van der Waals surface area contributed by atoms with E-state index in [1.54, 1.807) is 0 Å². The van der Waals surface area contributed by atoms with Gasteiger partial charge in [-0.1, -0.05) is 24.5 Å². The van der Waals surface area contributed by atoms with Gasteiger partial charge in [-0.15, -0.1) is 0 Å². The van der Waals surface area contributed by atoms with Gasteiger partial charge in [-0.05, 0) is 77.4 Å². The normalized spacial score (nSPS) is 37.2. The molecule has 3 heteroatoms. The second-order valence-electron chi connectivity index (χ2n) is 8.69. The first-order valence-electron chi connectivity index (χ1n) is 8.41. The van der Waals surface area contributed by atoms with E-state index in [2.05, 4.69) is 47.3 Å². The van der Waals surface area contributed by atoms with E-state index in [0.29, 0.717) is 5.92 Å². The van der Waals surface area contributed by atoms with Gasteiger partial charge in [0.25, 0.3) is 5.97 Å². The number of allylic oxidation sites excluding steroid dienone is 2. The first-order valence-corrected chi connectivity index (χ1v) is 11.8. The molecule has 0 aromatic carbocycles. The highest BCUT2D eigenvalue weighted by molar-refractivity contribution is 6.71. The zero-order chi connectivity index (χ0) is 16.1. The van der Waals surface area contributed by atoms with Crippen LogP contribution in [0.3, 0.4) is 0 Å². The molecule has 3 unspecified atom stereocenters. The molecule has 0 spiro atoms. The Bertz CT molecular complexity index is 474. The first-order chi connectivity index (χ1) is 9.51. The van der Waals surface area contributed by atoms with Crippen molar-refractivity contribution in [2.45, 2.75) is 79.4 Å². The van der Waals surface area contributed by atoms with Crippen molar-refractivity contribution in [3.8, 4) is 0 Å². The molecule has 0 N–H and O–H groups in total. The molecule has 2 nitrogen and oxygen atoms in total. The van der Waals surface area contributed by atoms with Crippen LogP contribution in [0.4, 0.5) is 0 Å². The average Bonchev–Trinajstić information content (AvgIpc) is 2.33. The summed E-state index contributed by atoms with van der Waals surface area (Å²) in [6.07, 6.45) is 5.62. The van der Waals surface area contributed by atoms with Gasteiger partial charge in [-0.25, -0.2) is 0 Å². The number of rotatable bonds is 2. The summed E-state index contributed by atoms with van der Waals surface area (Å²) in [7, 11) is -1.82. The molecule has 3 atom stereocenters. The monoisotopic (exact) mass is 308 g/mol. The summed E-state index contributed by atoms with van der Waals surface area (Å²) >= 11 is 0. The zero-order valence-electron chi connectivity index (χ0n) is 14.9. The second-order valence-corrected chi connectivity index (χ2v) is 13.1. The molecule has 1 fully saturated rings. The maximum Gasteiger partial charge on any atom is 0.298 e. The molecule has 2 aliphatic rings. The minimum Gasteiger partial charge on any atom is -0.519 e. The molecule has 0 aromatic heterocycles. The molecule has 1 saturated carbocycles. The van der Waals surface area contributed by atoms with E-state index in [9.17, 15) is 4.79 Å². The SMILES string of the molecule is CC1=C(C)C2(C)CCCC(C)(C(=O)O[Si](C)(C)C)C2CC1. The zero-order valence-corrected chi connectivity index (χ0v) is 15.9. The van der Waals surface area contributed by atoms with E-state index < -0.39 is 8.32 Å². The summed E-state index contributed by atoms with van der Waals surface area (Å²) < 4.78 is 5.92. The van der Waals surface area contributed by atoms with Crippen LogP contribution in [-0.2, 0) is 9.22 Å². The molecule has 2 aliphatic carbocycles. The average molecular weight is 309 g/mol. The van der Waals surface area contributed by atoms with Crippen LogP contribution < -0.4 is 0 Å². The van der Waals surface area contributed by atoms with Crippen molar-refractivity contribution < 1.29 is 9.22 Å². The number of hydrogen-bond acceptors (Lipinski definition) is 2. The summed E-state index contributed by atoms with van der Waals surface area (Å²) in [6.45, 7) is 15.4. The van der Waals surface area contributed by atoms with Gasteiger partial charge in [-0.2, -0.15) is 0 Å². The van der Waals surface area contributed by atoms with Gasteiger partial charge >= 0.3 is 0 Å². The van der Waals surface area contributed by atoms with Gasteiger partial charge < -0.3 is 4.43 Å². The fourth-order valence-corrected chi connectivity index (χ4v) is 5.42. The lowest BCUT2D eigenvalue weighted by atomic mass is 9.50. The van der Waals surface area contributed by atoms with Crippen LogP contribution >= 0.6 is 0 Å². The Morgan fingerprint density at radius 1 is 1.19 bits per heavy atom. The third kappa shape index (κ3) is 2.86. The third-order valence-electron chi connectivity index (χ3n) is 6.10. The van der Waals surface area contributed by atoms with Gasteiger partial charge in [0, 0.05) is 0 Å². The molecular formula is C18H32O2Si. The molecule has 0 amide bonds. The predicted octanol–water partition coefficient (Wildman–Crippen LogP) is 5.31. The van der Waals surface area contributed by atoms with Gasteiger partial charge in [-0.3, -0.25) is 4.79 Å². The van der Waals surface area contributed by atoms with Crippen LogP contribution in [0.15, 0.2) is 11.1 Å². The van der Waals surface area contributed by atoms with E-state index in [4.69, 9.17) is 4.43 Å². The Labute approximate surface area is 131 Å². The summed E-state index contributed by atoms with van der Waals surface area (Å²) in [5.74, 6) is 0.510. The van der Waals surface area contributed by atoms with E-state index in [-0.39, 0.29) is 16.8 Å². The van der Waals surface area contributed by atoms with Crippen molar-refractivity contribution in [1.82, 2.24) is 0 Å². The lowest BCUT2D eigenvalue weighted by Gasteiger charge is -2.54. The lowest BCUT2D eigenvalue weighted by molar-refractivity contribution is -0.156. The highest BCUT2D eigenvalue weighted by Crippen LogP contribution is 2.59. The van der Waals surface area contributed by atoms with Gasteiger partial charge in [0.15, 0.2) is 0 Å². The van der Waals surface area contributed by atoms with Crippen LogP contribution in [0.2, 0.25) is 19.6 Å². The Hall–Kier alpha value is -0.573. The summed E-state index contributed by atoms with van der Waals surface area (Å²) in [6, 6.07) is 0. The van der Waals surface area contributed by atoms with Crippen LogP contribution in [-0.4, -0.2) is 14.3 Å². The van der Waals surface area contributed by atoms with Crippen molar-refractivity contribution >= 4 is 14.3 Å². The molecular weight excluding hydrogens is 276 g/mol. The van der Waals surface area contributed by atoms with Gasteiger partial charge in [0.2, 0.25) is 8.32 Å². The quantitative estimate of drug-likeness (QED) is 0.510. The van der Waals surface area contributed by atoms with Gasteiger partial charge in [0.05, 0.1) is 5.41 Å². The fraction of sp³-hybridized carbons (Fsp3) is 0.833. The Morgan fingerprint density at radius 3 is 2.38 bits per heavy atom. The van der Waals surface area contributed by atoms with Crippen molar-refractivity contribution in [2.75, 3.05) is 0 Å². The van der Waals surface area contributed by atoms with Crippen LogP contribution in [0.5, 0.6) is 0 Å². The second kappa shape index (κ2) is 5.26. The largest absolute Gasteiger partial charge is 0.519 e. The first kappa shape index (κ1) is 16.8. The van der Waals surface area contributed by atoms with Crippen LogP contribution in [0, 0.1) is 16.7 Å². The van der Waals surface area contributed by atoms with E-state index in [1.165, 1.54) is 17.6 Å². The van der Waals surface area contributed by atoms with Crippen molar-refractivity contribution in [3.63, 3.8) is 0 Å². The topological polar surface area (TPSA) is 26.3 Å². The number of carbonyl (C=O) groups excluding carboxylic acids is 1. The maximum atomic E-state index is 12.9. The van der Waals surface area contributed by atoms with E-state index >= 15 is 0 Å². The van der Waals surface area contributed by atoms with Crippen LogP contribution in [0.25, 0.3) is 0 Å². The van der Waals surface area contributed by atoms with E-state index in [1.807, 2.05) is 0 Å². The predicted molar refractivity (Wildman–Crippen MR) is 90.6 cm³/mol. The molecule has 0 radical (unpaired) electrons. The fourth-order valence-electron chi connectivity index (χ4n) is 4.64. The number of fused-ring (bicyclic) bond motifs is 1. The van der Waals surface area contributed by atoms with Crippen molar-refractivity contribution in [1.29, 1.82) is 0 Å². The Morgan fingerprint density at radius 2 is 1.81 bits per heavy atom. The van der Waals surface area contributed by atoms with Crippen LogP contribution in [0.1, 0.15) is 59.8 Å². The Balaban J connectivity index is 2.36. The molecule has 0 aromatic rings. The minimum atomic E-state index is -1.82. The molecule has 0 aliphatic heterocycles. The van der Waals surface area contributed by atoms with E-state index in [0.717, 1.165) is 25.7 Å². The van der Waals surface area contributed by atoms with Crippen molar-refractivity contribution in [2.24, 2.45) is 16.7 Å². The smallest absolute Gasteiger partial charge is 0.298 e. The molecule has 120 valence electrons. The molecule has 0 saturated heterocycles. The molecule has 21 heavy (non-hydrogen) atoms. The highest BCUT2D eigenvalue weighted by Gasteiger charge is 2.55. The van der Waals surface area contributed by atoms with Gasteiger partial charge in [0.1, 0.15) is 0 Å². The maximum absolute atomic E-state index is 12.9. The number of hydrogen-bond donors (Lipinski definition) is 0. The lowest BCUT2D eigenvalue weighted by Crippen LogP contribution is -2.52. The molecule has 2 rings (SSSR count). The standard InChI is InChI=1S/C18H32O2Si/c1-13-9-10-15-17(3,14(13)2)11-8-12-18(15,4)16(19)20-21(5,6)7/h15H,8-12H2,1-7H3. The summed E-state index contributed by atoms with van der Waals surface area (Å²) in [5.41, 5.74) is 2.96. The summed E-state index contributed by atoms with van der Waals surface area (Å²) in [5, 5.41) is 0. The Kier molecular flexibility index (Phi) is 4.20. The molecule has 0 bridgehead atoms. The van der Waals surface area contributed by atoms with Crippen molar-refractivity contribution in [3.05, 3.63) is 11.1 Å². The summed E-state index contributed by atoms with van der Waals surface area (Å²) in [4.78, 5) is 12.9. The molecule has 0 heterocycles. The number of carbonyl (C=O) groups is 1. The minimum absolute atomic E-state index is 0.0740.